The molecule has 2 rings (SSSR count). The Hall–Kier alpha value is -1.53. The average Bonchev–Trinajstić information content (AvgIpc) is 2.37. The van der Waals surface area contributed by atoms with Gasteiger partial charge in [0.15, 0.2) is 0 Å². The highest BCUT2D eigenvalue weighted by Crippen LogP contribution is 2.29. The van der Waals surface area contributed by atoms with E-state index < -0.39 is 10.0 Å². The molecule has 0 unspecified atom stereocenters. The summed E-state index contributed by atoms with van der Waals surface area (Å²) >= 11 is 3.37. The first-order chi connectivity index (χ1) is 9.44. The molecule has 0 aliphatic rings. The van der Waals surface area contributed by atoms with Gasteiger partial charge in [0.05, 0.1) is 10.7 Å². The fourth-order valence-corrected chi connectivity index (χ4v) is 2.68. The molecular formula is C14H14BrNO3S. The van der Waals surface area contributed by atoms with E-state index in [1.165, 1.54) is 0 Å². The third-order valence-electron chi connectivity index (χ3n) is 2.47. The zero-order chi connectivity index (χ0) is 14.6. The van der Waals surface area contributed by atoms with Crippen LogP contribution in [0.15, 0.2) is 53.0 Å². The zero-order valence-corrected chi connectivity index (χ0v) is 13.2. The van der Waals surface area contributed by atoms with Crippen molar-refractivity contribution in [2.75, 3.05) is 11.0 Å². The minimum atomic E-state index is -3.27. The van der Waals surface area contributed by atoms with Crippen LogP contribution in [-0.2, 0) is 16.6 Å². The van der Waals surface area contributed by atoms with Crippen LogP contribution >= 0.6 is 15.9 Å². The number of anilines is 1. The number of benzene rings is 2. The summed E-state index contributed by atoms with van der Waals surface area (Å²) in [6.07, 6.45) is 1.11. The van der Waals surface area contributed by atoms with Crippen LogP contribution in [-0.4, -0.2) is 14.7 Å². The van der Waals surface area contributed by atoms with Crippen LogP contribution in [0.25, 0.3) is 0 Å². The van der Waals surface area contributed by atoms with E-state index in [0.717, 1.165) is 11.8 Å². The third-order valence-corrected chi connectivity index (χ3v) is 3.70. The van der Waals surface area contributed by atoms with Gasteiger partial charge in [0.25, 0.3) is 0 Å². The van der Waals surface area contributed by atoms with Crippen LogP contribution in [0, 0.1) is 0 Å². The topological polar surface area (TPSA) is 55.4 Å². The number of hydrogen-bond acceptors (Lipinski definition) is 3. The van der Waals surface area contributed by atoms with E-state index in [2.05, 4.69) is 20.7 Å². The van der Waals surface area contributed by atoms with Crippen molar-refractivity contribution in [1.82, 2.24) is 0 Å². The molecule has 20 heavy (non-hydrogen) atoms. The highest BCUT2D eigenvalue weighted by atomic mass is 79.9. The van der Waals surface area contributed by atoms with Crippen LogP contribution in [0.4, 0.5) is 5.69 Å². The van der Waals surface area contributed by atoms with Crippen molar-refractivity contribution >= 4 is 31.6 Å². The Morgan fingerprint density at radius 3 is 2.45 bits per heavy atom. The highest BCUT2D eigenvalue weighted by molar-refractivity contribution is 9.10. The summed E-state index contributed by atoms with van der Waals surface area (Å²) in [5.74, 6) is 0.660. The molecule has 0 heterocycles. The Kier molecular flexibility index (Phi) is 4.67. The molecule has 106 valence electrons. The molecule has 0 aliphatic carbocycles. The lowest BCUT2D eigenvalue weighted by atomic mass is 10.2. The van der Waals surface area contributed by atoms with Crippen molar-refractivity contribution in [1.29, 1.82) is 0 Å². The van der Waals surface area contributed by atoms with Gasteiger partial charge in [-0.15, -0.1) is 0 Å². The molecule has 0 aliphatic heterocycles. The van der Waals surface area contributed by atoms with E-state index >= 15 is 0 Å². The SMILES string of the molecule is CS(=O)(=O)Nc1ccc(OCc2ccccc2)c(Br)c1. The Bertz CT molecular complexity index is 687. The molecule has 6 heteroatoms. The molecule has 0 bridgehead atoms. The number of hydrogen-bond donors (Lipinski definition) is 1. The molecule has 0 saturated carbocycles. The number of ether oxygens (including phenoxy) is 1. The maximum absolute atomic E-state index is 11.1. The summed E-state index contributed by atoms with van der Waals surface area (Å²) in [6.45, 7) is 0.457. The molecule has 4 nitrogen and oxygen atoms in total. The summed E-state index contributed by atoms with van der Waals surface area (Å²) < 4.78 is 31.1. The molecule has 1 N–H and O–H groups in total. The normalized spacial score (nSPS) is 11.1. The van der Waals surface area contributed by atoms with Gasteiger partial charge in [0.2, 0.25) is 10.0 Å². The van der Waals surface area contributed by atoms with Gasteiger partial charge >= 0.3 is 0 Å². The summed E-state index contributed by atoms with van der Waals surface area (Å²) in [5, 5.41) is 0. The van der Waals surface area contributed by atoms with Crippen LogP contribution in [0.1, 0.15) is 5.56 Å². The second kappa shape index (κ2) is 6.28. The molecule has 0 amide bonds. The highest BCUT2D eigenvalue weighted by Gasteiger charge is 2.06. The minimum absolute atomic E-state index is 0.457. The standard InChI is InChI=1S/C14H14BrNO3S/c1-20(17,18)16-12-7-8-14(13(15)9-12)19-10-11-5-3-2-4-6-11/h2-9,16H,10H2,1H3. The smallest absolute Gasteiger partial charge is 0.229 e. The van der Waals surface area contributed by atoms with Gasteiger partial charge in [-0.05, 0) is 39.7 Å². The molecule has 0 atom stereocenters. The Morgan fingerprint density at radius 1 is 1.15 bits per heavy atom. The van der Waals surface area contributed by atoms with Crippen molar-refractivity contribution < 1.29 is 13.2 Å². The zero-order valence-electron chi connectivity index (χ0n) is 10.8. The number of sulfonamides is 1. The molecule has 2 aromatic carbocycles. The lowest BCUT2D eigenvalue weighted by molar-refractivity contribution is 0.304. The molecule has 2 aromatic rings. The molecule has 0 spiro atoms. The lowest BCUT2D eigenvalue weighted by Crippen LogP contribution is -2.09. The average molecular weight is 356 g/mol. The van der Waals surface area contributed by atoms with E-state index in [4.69, 9.17) is 4.74 Å². The summed E-state index contributed by atoms with van der Waals surface area (Å²) in [4.78, 5) is 0. The van der Waals surface area contributed by atoms with Gasteiger partial charge in [-0.2, -0.15) is 0 Å². The second-order valence-corrected chi connectivity index (χ2v) is 6.90. The van der Waals surface area contributed by atoms with Crippen molar-refractivity contribution in [3.63, 3.8) is 0 Å². The molecule has 0 radical (unpaired) electrons. The van der Waals surface area contributed by atoms with E-state index in [1.807, 2.05) is 30.3 Å². The molecular weight excluding hydrogens is 342 g/mol. The monoisotopic (exact) mass is 355 g/mol. The summed E-state index contributed by atoms with van der Waals surface area (Å²) in [5.41, 5.74) is 1.56. The second-order valence-electron chi connectivity index (χ2n) is 4.29. The first-order valence-electron chi connectivity index (χ1n) is 5.88. The van der Waals surface area contributed by atoms with E-state index in [9.17, 15) is 8.42 Å². The van der Waals surface area contributed by atoms with Gasteiger partial charge in [-0.25, -0.2) is 8.42 Å². The fraction of sp³-hybridized carbons (Fsp3) is 0.143. The Morgan fingerprint density at radius 2 is 1.85 bits per heavy atom. The molecule has 0 fully saturated rings. The first kappa shape index (κ1) is 14.9. The van der Waals surface area contributed by atoms with Gasteiger partial charge in [-0.1, -0.05) is 30.3 Å². The maximum Gasteiger partial charge on any atom is 0.229 e. The summed E-state index contributed by atoms with van der Waals surface area (Å²) in [6, 6.07) is 14.9. The number of nitrogens with one attached hydrogen (secondary N) is 1. The summed E-state index contributed by atoms with van der Waals surface area (Å²) in [7, 11) is -3.27. The predicted octanol–water partition coefficient (Wildman–Crippen LogP) is 3.40. The largest absolute Gasteiger partial charge is 0.488 e. The van der Waals surface area contributed by atoms with Crippen molar-refractivity contribution in [2.45, 2.75) is 6.61 Å². The maximum atomic E-state index is 11.1. The van der Waals surface area contributed by atoms with Crippen LogP contribution < -0.4 is 9.46 Å². The molecule has 0 aromatic heterocycles. The first-order valence-corrected chi connectivity index (χ1v) is 8.56. The van der Waals surface area contributed by atoms with E-state index in [1.54, 1.807) is 18.2 Å². The Balaban J connectivity index is 2.06. The number of halogens is 1. The number of rotatable bonds is 5. The van der Waals surface area contributed by atoms with Gasteiger partial charge in [0.1, 0.15) is 12.4 Å². The van der Waals surface area contributed by atoms with E-state index in [-0.39, 0.29) is 0 Å². The van der Waals surface area contributed by atoms with Gasteiger partial charge in [-0.3, -0.25) is 4.72 Å². The quantitative estimate of drug-likeness (QED) is 0.893. The molecule has 0 saturated heterocycles. The van der Waals surface area contributed by atoms with Crippen molar-refractivity contribution in [3.8, 4) is 5.75 Å². The minimum Gasteiger partial charge on any atom is -0.488 e. The van der Waals surface area contributed by atoms with E-state index in [0.29, 0.717) is 22.5 Å². The predicted molar refractivity (Wildman–Crippen MR) is 83.4 cm³/mol. The Labute approximate surface area is 127 Å². The third kappa shape index (κ3) is 4.54. The van der Waals surface area contributed by atoms with Gasteiger partial charge in [0, 0.05) is 5.69 Å². The van der Waals surface area contributed by atoms with Crippen molar-refractivity contribution in [2.24, 2.45) is 0 Å². The van der Waals surface area contributed by atoms with Crippen LogP contribution in [0.5, 0.6) is 5.75 Å². The van der Waals surface area contributed by atoms with Crippen LogP contribution in [0.2, 0.25) is 0 Å². The lowest BCUT2D eigenvalue weighted by Gasteiger charge is -2.10. The van der Waals surface area contributed by atoms with Crippen molar-refractivity contribution in [3.05, 3.63) is 58.6 Å². The fourth-order valence-electron chi connectivity index (χ4n) is 1.63. The van der Waals surface area contributed by atoms with Crippen LogP contribution in [0.3, 0.4) is 0 Å². The van der Waals surface area contributed by atoms with Gasteiger partial charge < -0.3 is 4.74 Å².